The van der Waals surface area contributed by atoms with Gasteiger partial charge in [-0.15, -0.1) is 0 Å². The number of ether oxygens (including phenoxy) is 1. The quantitative estimate of drug-likeness (QED) is 0.917. The predicted octanol–water partition coefficient (Wildman–Crippen LogP) is 3.26. The van der Waals surface area contributed by atoms with Gasteiger partial charge in [-0.05, 0) is 54.5 Å². The molecule has 1 N–H and O–H groups in total. The number of benzene rings is 1. The predicted molar refractivity (Wildman–Crippen MR) is 80.4 cm³/mol. The Labute approximate surface area is 120 Å². The summed E-state index contributed by atoms with van der Waals surface area (Å²) in [5, 5.41) is 9.48. The van der Waals surface area contributed by atoms with E-state index in [0.29, 0.717) is 11.7 Å². The number of aryl methyl sites for hydroxylation is 1. The summed E-state index contributed by atoms with van der Waals surface area (Å²) in [6, 6.07) is 6.52. The fraction of sp³-hybridized carbons (Fsp3) is 0.529. The number of aliphatic hydroxyl groups excluding tert-OH is 1. The van der Waals surface area contributed by atoms with Gasteiger partial charge < -0.3 is 9.84 Å². The minimum Gasteiger partial charge on any atom is -0.513 e. The molecule has 0 spiro atoms. The van der Waals surface area contributed by atoms with Crippen LogP contribution in [0.4, 0.5) is 0 Å². The molecule has 0 aromatic heterocycles. The first-order valence-corrected chi connectivity index (χ1v) is 7.53. The van der Waals surface area contributed by atoms with Crippen molar-refractivity contribution in [1.82, 2.24) is 4.90 Å². The molecule has 0 bridgehead atoms. The summed E-state index contributed by atoms with van der Waals surface area (Å²) in [6.45, 7) is 2.93. The summed E-state index contributed by atoms with van der Waals surface area (Å²) in [5.74, 6) is 2.11. The van der Waals surface area contributed by atoms with Crippen LogP contribution in [0.2, 0.25) is 0 Å². The second kappa shape index (κ2) is 5.88. The number of methoxy groups -OCH3 is 1. The lowest BCUT2D eigenvalue weighted by Gasteiger charge is -2.32. The number of rotatable bonds is 3. The van der Waals surface area contributed by atoms with Gasteiger partial charge >= 0.3 is 0 Å². The highest BCUT2D eigenvalue weighted by molar-refractivity contribution is 5.39. The Kier molecular flexibility index (Phi) is 3.97. The highest BCUT2D eigenvalue weighted by atomic mass is 16.5. The molecular weight excluding hydrogens is 250 g/mol. The molecule has 1 aromatic rings. The summed E-state index contributed by atoms with van der Waals surface area (Å²) in [6.07, 6.45) is 6.46. The SMILES string of the molecule is COc1ccc2c(c1)C(CN1CC=C(O)CC1)CCC2. The van der Waals surface area contributed by atoms with Crippen LogP contribution in [0.3, 0.4) is 0 Å². The zero-order valence-corrected chi connectivity index (χ0v) is 12.1. The number of hydrogen-bond donors (Lipinski definition) is 1. The summed E-state index contributed by atoms with van der Waals surface area (Å²) >= 11 is 0. The van der Waals surface area contributed by atoms with Crippen LogP contribution in [-0.2, 0) is 6.42 Å². The highest BCUT2D eigenvalue weighted by Crippen LogP contribution is 2.34. The topological polar surface area (TPSA) is 32.7 Å². The van der Waals surface area contributed by atoms with Gasteiger partial charge in [0.25, 0.3) is 0 Å². The van der Waals surface area contributed by atoms with E-state index in [1.807, 2.05) is 6.08 Å². The van der Waals surface area contributed by atoms with Gasteiger partial charge in [0.2, 0.25) is 0 Å². The van der Waals surface area contributed by atoms with Gasteiger partial charge in [0.05, 0.1) is 12.9 Å². The molecule has 0 amide bonds. The van der Waals surface area contributed by atoms with Crippen molar-refractivity contribution in [3.8, 4) is 5.75 Å². The minimum atomic E-state index is 0.548. The molecule has 0 saturated heterocycles. The number of nitrogens with zero attached hydrogens (tertiary/aromatic N) is 1. The van der Waals surface area contributed by atoms with Gasteiger partial charge in [-0.25, -0.2) is 0 Å². The molecule has 3 rings (SSSR count). The van der Waals surface area contributed by atoms with E-state index in [0.717, 1.165) is 31.8 Å². The molecule has 1 aliphatic carbocycles. The van der Waals surface area contributed by atoms with E-state index in [9.17, 15) is 5.11 Å². The second-order valence-corrected chi connectivity index (χ2v) is 5.86. The molecule has 1 heterocycles. The minimum absolute atomic E-state index is 0.548. The maximum absolute atomic E-state index is 9.48. The summed E-state index contributed by atoms with van der Waals surface area (Å²) in [4.78, 5) is 2.44. The van der Waals surface area contributed by atoms with Crippen LogP contribution in [0.5, 0.6) is 5.75 Å². The zero-order chi connectivity index (χ0) is 13.9. The van der Waals surface area contributed by atoms with Gasteiger partial charge in [0, 0.05) is 26.1 Å². The molecule has 2 aliphatic rings. The fourth-order valence-electron chi connectivity index (χ4n) is 3.37. The largest absolute Gasteiger partial charge is 0.513 e. The molecular formula is C17H23NO2. The average molecular weight is 273 g/mol. The molecule has 3 nitrogen and oxygen atoms in total. The summed E-state index contributed by atoms with van der Waals surface area (Å²) in [7, 11) is 1.73. The number of hydrogen-bond acceptors (Lipinski definition) is 3. The number of fused-ring (bicyclic) bond motifs is 1. The maximum Gasteiger partial charge on any atom is 0.119 e. The maximum atomic E-state index is 9.48. The van der Waals surface area contributed by atoms with E-state index in [2.05, 4.69) is 23.1 Å². The van der Waals surface area contributed by atoms with Crippen LogP contribution in [0.25, 0.3) is 0 Å². The van der Waals surface area contributed by atoms with Crippen LogP contribution in [0.1, 0.15) is 36.3 Å². The van der Waals surface area contributed by atoms with Gasteiger partial charge in [-0.1, -0.05) is 6.07 Å². The molecule has 3 heteroatoms. The molecule has 108 valence electrons. The lowest BCUT2D eigenvalue weighted by atomic mass is 9.82. The zero-order valence-electron chi connectivity index (χ0n) is 12.1. The third-order valence-electron chi connectivity index (χ3n) is 4.54. The Morgan fingerprint density at radius 2 is 2.25 bits per heavy atom. The monoisotopic (exact) mass is 273 g/mol. The van der Waals surface area contributed by atoms with Gasteiger partial charge in [0.15, 0.2) is 0 Å². The Morgan fingerprint density at radius 1 is 1.35 bits per heavy atom. The van der Waals surface area contributed by atoms with Crippen molar-refractivity contribution in [3.63, 3.8) is 0 Å². The highest BCUT2D eigenvalue weighted by Gasteiger charge is 2.23. The van der Waals surface area contributed by atoms with Crippen LogP contribution >= 0.6 is 0 Å². The standard InChI is InChI=1S/C17H23NO2/c1-20-16-6-5-13-3-2-4-14(17(13)11-16)12-18-9-7-15(19)8-10-18/h5-7,11,14,19H,2-4,8-10,12H2,1H3. The van der Waals surface area contributed by atoms with Crippen LogP contribution in [0.15, 0.2) is 30.0 Å². The van der Waals surface area contributed by atoms with Crippen LogP contribution in [-0.4, -0.2) is 36.8 Å². The lowest BCUT2D eigenvalue weighted by Crippen LogP contribution is -2.33. The first-order chi connectivity index (χ1) is 9.76. The molecule has 20 heavy (non-hydrogen) atoms. The van der Waals surface area contributed by atoms with Crippen LogP contribution in [0, 0.1) is 0 Å². The smallest absolute Gasteiger partial charge is 0.119 e. The molecule has 1 unspecified atom stereocenters. The third kappa shape index (κ3) is 2.83. The van der Waals surface area contributed by atoms with E-state index in [-0.39, 0.29) is 0 Å². The summed E-state index contributed by atoms with van der Waals surface area (Å²) < 4.78 is 5.38. The van der Waals surface area contributed by atoms with Crippen molar-refractivity contribution in [2.24, 2.45) is 0 Å². The van der Waals surface area contributed by atoms with Crippen molar-refractivity contribution in [3.05, 3.63) is 41.2 Å². The van der Waals surface area contributed by atoms with Crippen molar-refractivity contribution >= 4 is 0 Å². The first kappa shape index (κ1) is 13.5. The Bertz CT molecular complexity index is 510. The van der Waals surface area contributed by atoms with Crippen molar-refractivity contribution in [1.29, 1.82) is 0 Å². The first-order valence-electron chi connectivity index (χ1n) is 7.53. The van der Waals surface area contributed by atoms with E-state index in [1.54, 1.807) is 7.11 Å². The summed E-state index contributed by atoms with van der Waals surface area (Å²) in [5.41, 5.74) is 2.95. The molecule has 0 fully saturated rings. The average Bonchev–Trinajstić information content (AvgIpc) is 2.49. The van der Waals surface area contributed by atoms with Gasteiger partial charge in [-0.2, -0.15) is 0 Å². The van der Waals surface area contributed by atoms with Gasteiger partial charge in [0.1, 0.15) is 5.75 Å². The van der Waals surface area contributed by atoms with Crippen LogP contribution < -0.4 is 4.74 Å². The van der Waals surface area contributed by atoms with Gasteiger partial charge in [-0.3, -0.25) is 4.90 Å². The van der Waals surface area contributed by atoms with Crippen molar-refractivity contribution in [2.75, 3.05) is 26.7 Å². The second-order valence-electron chi connectivity index (χ2n) is 5.86. The number of aliphatic hydroxyl groups is 1. The lowest BCUT2D eigenvalue weighted by molar-refractivity contribution is 0.236. The van der Waals surface area contributed by atoms with E-state index in [4.69, 9.17) is 4.74 Å². The Hall–Kier alpha value is -1.48. The molecule has 1 aliphatic heterocycles. The fourth-order valence-corrected chi connectivity index (χ4v) is 3.37. The van der Waals surface area contributed by atoms with E-state index < -0.39 is 0 Å². The van der Waals surface area contributed by atoms with Crippen molar-refractivity contribution < 1.29 is 9.84 Å². The van der Waals surface area contributed by atoms with E-state index in [1.165, 1.54) is 30.4 Å². The molecule has 1 aromatic carbocycles. The molecule has 1 atom stereocenters. The molecule has 0 radical (unpaired) electrons. The Morgan fingerprint density at radius 3 is 3.00 bits per heavy atom. The third-order valence-corrected chi connectivity index (χ3v) is 4.54. The van der Waals surface area contributed by atoms with Crippen molar-refractivity contribution in [2.45, 2.75) is 31.6 Å². The molecule has 0 saturated carbocycles. The Balaban J connectivity index is 1.75. The normalized spacial score (nSPS) is 23.1. The van der Waals surface area contributed by atoms with E-state index >= 15 is 0 Å².